The first-order chi connectivity index (χ1) is 20.1. The molecule has 0 aliphatic rings. The molecule has 0 radical (unpaired) electrons. The molecule has 5 aromatic rings. The van der Waals surface area contributed by atoms with Gasteiger partial charge in [0.25, 0.3) is 5.95 Å². The second-order valence-electron chi connectivity index (χ2n) is 9.78. The first-order valence-electron chi connectivity index (χ1n) is 13.7. The summed E-state index contributed by atoms with van der Waals surface area (Å²) < 4.78 is 5.37. The van der Waals surface area contributed by atoms with E-state index in [0.29, 0.717) is 18.9 Å². The van der Waals surface area contributed by atoms with Crippen molar-refractivity contribution in [3.05, 3.63) is 144 Å². The quantitative estimate of drug-likeness (QED) is 0.167. The normalized spacial score (nSPS) is 12.8. The largest absolute Gasteiger partial charge is 0.468 e. The molecule has 208 valence electrons. The molecule has 1 aromatic heterocycles. The van der Waals surface area contributed by atoms with Crippen LogP contribution in [0.5, 0.6) is 0 Å². The van der Waals surface area contributed by atoms with Crippen LogP contribution in [-0.2, 0) is 21.6 Å². The Hall–Kier alpha value is -4.82. The highest BCUT2D eigenvalue weighted by atomic mass is 16.5. The molecule has 41 heavy (non-hydrogen) atoms. The maximum Gasteiger partial charge on any atom is 0.325 e. The molecule has 0 saturated heterocycles. The summed E-state index contributed by atoms with van der Waals surface area (Å²) in [7, 11) is 1.41. The molecule has 2 unspecified atom stereocenters. The van der Waals surface area contributed by atoms with Gasteiger partial charge in [-0.1, -0.05) is 133 Å². The van der Waals surface area contributed by atoms with Crippen molar-refractivity contribution in [3.63, 3.8) is 0 Å². The van der Waals surface area contributed by atoms with Crippen LogP contribution in [0.25, 0.3) is 0 Å². The van der Waals surface area contributed by atoms with E-state index in [1.165, 1.54) is 11.9 Å². The van der Waals surface area contributed by atoms with E-state index in [1.54, 1.807) is 0 Å². The second-order valence-corrected chi connectivity index (χ2v) is 9.78. The van der Waals surface area contributed by atoms with E-state index in [4.69, 9.17) is 4.74 Å². The smallest absolute Gasteiger partial charge is 0.325 e. The number of aromatic nitrogens is 4. The zero-order valence-corrected chi connectivity index (χ0v) is 23.2. The third-order valence-electron chi connectivity index (χ3n) is 7.22. The van der Waals surface area contributed by atoms with Gasteiger partial charge in [0, 0.05) is 0 Å². The Kier molecular flexibility index (Phi) is 8.81. The van der Waals surface area contributed by atoms with Crippen LogP contribution in [-0.4, -0.2) is 45.4 Å². The molecule has 0 amide bonds. The third-order valence-corrected chi connectivity index (χ3v) is 7.22. The molecular weight excluding hydrogens is 512 g/mol. The SMILES string of the molecule is CCC(Nc1nnn(Cc2ccccc2)n1)C(NC(c1ccccc1)(c1ccccc1)c1ccccc1)C(=O)OC. The van der Waals surface area contributed by atoms with Crippen LogP contribution in [0.4, 0.5) is 5.95 Å². The summed E-state index contributed by atoms with van der Waals surface area (Å²) in [6, 6.07) is 39.2. The summed E-state index contributed by atoms with van der Waals surface area (Å²) >= 11 is 0. The summed E-state index contributed by atoms with van der Waals surface area (Å²) in [6.07, 6.45) is 0.592. The van der Waals surface area contributed by atoms with Gasteiger partial charge in [-0.15, -0.1) is 5.10 Å². The summed E-state index contributed by atoms with van der Waals surface area (Å²) in [5.41, 5.74) is 3.18. The van der Waals surface area contributed by atoms with Gasteiger partial charge in [-0.2, -0.15) is 4.80 Å². The number of esters is 1. The standard InChI is InChI=1S/C33H34N6O2/c1-3-29(34-32-36-38-39(37-32)24-25-16-8-4-9-17-25)30(31(40)41-2)35-33(26-18-10-5-11-19-26,27-20-12-6-13-21-27)28-22-14-7-15-23-28/h4-23,29-30,35H,3,24H2,1-2H3,(H,34,37). The van der Waals surface area contributed by atoms with Crippen LogP contribution in [0.3, 0.4) is 0 Å². The second kappa shape index (κ2) is 13.0. The highest BCUT2D eigenvalue weighted by Crippen LogP contribution is 2.37. The van der Waals surface area contributed by atoms with Crippen molar-refractivity contribution in [2.45, 2.75) is 37.5 Å². The van der Waals surface area contributed by atoms with E-state index in [9.17, 15) is 4.79 Å². The van der Waals surface area contributed by atoms with Gasteiger partial charge in [0.15, 0.2) is 0 Å². The Morgan fingerprint density at radius 1 is 0.805 bits per heavy atom. The number of ether oxygens (including phenoxy) is 1. The zero-order valence-electron chi connectivity index (χ0n) is 23.2. The van der Waals surface area contributed by atoms with Crippen molar-refractivity contribution in [2.24, 2.45) is 0 Å². The number of anilines is 1. The molecule has 0 aliphatic heterocycles. The predicted octanol–water partition coefficient (Wildman–Crippen LogP) is 5.04. The molecule has 5 rings (SSSR count). The monoisotopic (exact) mass is 546 g/mol. The molecule has 0 spiro atoms. The van der Waals surface area contributed by atoms with Crippen molar-refractivity contribution >= 4 is 11.9 Å². The van der Waals surface area contributed by atoms with Crippen molar-refractivity contribution in [1.29, 1.82) is 0 Å². The number of hydrogen-bond acceptors (Lipinski definition) is 7. The number of hydrogen-bond donors (Lipinski definition) is 2. The van der Waals surface area contributed by atoms with Gasteiger partial charge >= 0.3 is 5.97 Å². The van der Waals surface area contributed by atoms with Gasteiger partial charge in [-0.05, 0) is 33.9 Å². The number of carbonyl (C=O) groups is 1. The van der Waals surface area contributed by atoms with Gasteiger partial charge in [0.1, 0.15) is 6.04 Å². The summed E-state index contributed by atoms with van der Waals surface area (Å²) in [6.45, 7) is 2.50. The average molecular weight is 547 g/mol. The van der Waals surface area contributed by atoms with E-state index in [-0.39, 0.29) is 0 Å². The number of methoxy groups -OCH3 is 1. The Morgan fingerprint density at radius 2 is 1.29 bits per heavy atom. The summed E-state index contributed by atoms with van der Waals surface area (Å²) in [5, 5.41) is 20.1. The van der Waals surface area contributed by atoms with Gasteiger partial charge < -0.3 is 10.1 Å². The molecular formula is C33H34N6O2. The van der Waals surface area contributed by atoms with E-state index in [2.05, 4.69) is 62.4 Å². The lowest BCUT2D eigenvalue weighted by Crippen LogP contribution is -2.58. The van der Waals surface area contributed by atoms with Crippen LogP contribution in [0.15, 0.2) is 121 Å². The van der Waals surface area contributed by atoms with Crippen LogP contribution in [0, 0.1) is 0 Å². The number of tetrazole rings is 1. The lowest BCUT2D eigenvalue weighted by atomic mass is 9.76. The molecule has 0 aliphatic carbocycles. The maximum absolute atomic E-state index is 13.5. The molecule has 0 bridgehead atoms. The van der Waals surface area contributed by atoms with Gasteiger partial charge in [0.05, 0.1) is 25.2 Å². The number of nitrogens with one attached hydrogen (secondary N) is 2. The fourth-order valence-electron chi connectivity index (χ4n) is 5.20. The lowest BCUT2D eigenvalue weighted by molar-refractivity contribution is -0.144. The van der Waals surface area contributed by atoms with Crippen LogP contribution < -0.4 is 10.6 Å². The minimum Gasteiger partial charge on any atom is -0.468 e. The predicted molar refractivity (Wildman–Crippen MR) is 159 cm³/mol. The van der Waals surface area contributed by atoms with E-state index in [1.807, 2.05) is 91.9 Å². The van der Waals surface area contributed by atoms with E-state index >= 15 is 0 Å². The van der Waals surface area contributed by atoms with Crippen molar-refractivity contribution in [1.82, 2.24) is 25.5 Å². The number of nitrogens with zero attached hydrogens (tertiary/aromatic N) is 4. The Bertz CT molecular complexity index is 1410. The molecule has 0 fully saturated rings. The Balaban J connectivity index is 1.54. The molecule has 1 heterocycles. The maximum atomic E-state index is 13.5. The lowest BCUT2D eigenvalue weighted by Gasteiger charge is -2.41. The number of benzene rings is 4. The first-order valence-corrected chi connectivity index (χ1v) is 13.7. The zero-order chi connectivity index (χ0) is 28.5. The highest BCUT2D eigenvalue weighted by Gasteiger charge is 2.42. The first kappa shape index (κ1) is 27.7. The van der Waals surface area contributed by atoms with Crippen LogP contribution in [0.1, 0.15) is 35.6 Å². The Morgan fingerprint density at radius 3 is 1.76 bits per heavy atom. The topological polar surface area (TPSA) is 94.0 Å². The number of rotatable bonds is 12. The van der Waals surface area contributed by atoms with E-state index < -0.39 is 23.6 Å². The molecule has 0 saturated carbocycles. The van der Waals surface area contributed by atoms with Gasteiger partial charge in [0.2, 0.25) is 0 Å². The molecule has 8 heteroatoms. The summed E-state index contributed by atoms with van der Waals surface area (Å²) in [4.78, 5) is 15.1. The Labute approximate surface area is 240 Å². The minimum atomic E-state index is -0.865. The average Bonchev–Trinajstić information content (AvgIpc) is 3.49. The van der Waals surface area contributed by atoms with Crippen molar-refractivity contribution < 1.29 is 9.53 Å². The van der Waals surface area contributed by atoms with Crippen molar-refractivity contribution in [2.75, 3.05) is 12.4 Å². The van der Waals surface area contributed by atoms with Crippen molar-refractivity contribution in [3.8, 4) is 0 Å². The highest BCUT2D eigenvalue weighted by molar-refractivity contribution is 5.78. The van der Waals surface area contributed by atoms with E-state index in [0.717, 1.165) is 22.3 Å². The fraction of sp³-hybridized carbons (Fsp3) is 0.212. The van der Waals surface area contributed by atoms with Gasteiger partial charge in [-0.3, -0.25) is 10.1 Å². The van der Waals surface area contributed by atoms with Crippen LogP contribution in [0.2, 0.25) is 0 Å². The number of carbonyl (C=O) groups excluding carboxylic acids is 1. The van der Waals surface area contributed by atoms with Crippen LogP contribution >= 0.6 is 0 Å². The summed E-state index contributed by atoms with van der Waals surface area (Å²) in [5.74, 6) is -0.0542. The molecule has 4 aromatic carbocycles. The molecule has 2 atom stereocenters. The molecule has 2 N–H and O–H groups in total. The minimum absolute atomic E-state index is 0.341. The third kappa shape index (κ3) is 6.18. The fourth-order valence-corrected chi connectivity index (χ4v) is 5.20. The van der Waals surface area contributed by atoms with Gasteiger partial charge in [-0.25, -0.2) is 0 Å². The molecule has 8 nitrogen and oxygen atoms in total.